The summed E-state index contributed by atoms with van der Waals surface area (Å²) < 4.78 is 2.19. The molecule has 0 amide bonds. The van der Waals surface area contributed by atoms with E-state index in [0.29, 0.717) is 6.04 Å². The first-order valence-electron chi connectivity index (χ1n) is 6.96. The molecule has 0 unspecified atom stereocenters. The van der Waals surface area contributed by atoms with Crippen molar-refractivity contribution in [2.45, 2.75) is 39.9 Å². The van der Waals surface area contributed by atoms with Crippen molar-refractivity contribution < 1.29 is 0 Å². The number of hydrogen-bond acceptors (Lipinski definition) is 2. The molecule has 1 N–H and O–H groups in total. The number of nitrogens with one attached hydrogen (secondary N) is 1. The molecule has 0 radical (unpaired) electrons. The smallest absolute Gasteiger partial charge is 0.0991 e. The maximum atomic E-state index is 8.89. The quantitative estimate of drug-likeness (QED) is 0.903. The Morgan fingerprint density at radius 2 is 2.10 bits per heavy atom. The molecule has 0 aliphatic rings. The first-order chi connectivity index (χ1) is 9.58. The van der Waals surface area contributed by atoms with E-state index in [4.69, 9.17) is 5.26 Å². The van der Waals surface area contributed by atoms with E-state index in [1.165, 1.54) is 16.7 Å². The van der Waals surface area contributed by atoms with Crippen LogP contribution in [-0.4, -0.2) is 10.6 Å². The molecule has 104 valence electrons. The van der Waals surface area contributed by atoms with Gasteiger partial charge in [0.25, 0.3) is 0 Å². The summed E-state index contributed by atoms with van der Waals surface area (Å²) >= 11 is 0. The van der Waals surface area contributed by atoms with Crippen LogP contribution >= 0.6 is 0 Å². The van der Waals surface area contributed by atoms with Gasteiger partial charge in [0, 0.05) is 31.5 Å². The van der Waals surface area contributed by atoms with Crippen molar-refractivity contribution in [1.82, 2.24) is 9.88 Å². The van der Waals surface area contributed by atoms with E-state index in [1.807, 2.05) is 18.2 Å². The van der Waals surface area contributed by atoms with Crippen LogP contribution in [0.1, 0.15) is 36.1 Å². The lowest BCUT2D eigenvalue weighted by molar-refractivity contribution is 0.588. The minimum absolute atomic E-state index is 0.499. The van der Waals surface area contributed by atoms with Crippen LogP contribution in [0.5, 0.6) is 0 Å². The summed E-state index contributed by atoms with van der Waals surface area (Å²) in [6.07, 6.45) is 4.28. The van der Waals surface area contributed by atoms with Crippen molar-refractivity contribution in [1.29, 1.82) is 5.26 Å². The minimum atomic E-state index is 0.499. The second kappa shape index (κ2) is 6.40. The van der Waals surface area contributed by atoms with E-state index in [1.54, 1.807) is 0 Å². The number of nitrogens with zero attached hydrogens (tertiary/aromatic N) is 2. The first-order valence-corrected chi connectivity index (χ1v) is 6.96. The summed E-state index contributed by atoms with van der Waals surface area (Å²) in [6.45, 7) is 8.10. The van der Waals surface area contributed by atoms with Gasteiger partial charge in [0.15, 0.2) is 0 Å². The van der Waals surface area contributed by atoms with Crippen molar-refractivity contribution in [3.8, 4) is 6.07 Å². The van der Waals surface area contributed by atoms with Gasteiger partial charge < -0.3 is 9.88 Å². The fourth-order valence-electron chi connectivity index (χ4n) is 2.15. The molecule has 0 saturated heterocycles. The summed E-state index contributed by atoms with van der Waals surface area (Å²) in [5.41, 5.74) is 4.44. The van der Waals surface area contributed by atoms with Crippen LogP contribution in [0.2, 0.25) is 0 Å². The molecule has 20 heavy (non-hydrogen) atoms. The van der Waals surface area contributed by atoms with Crippen LogP contribution in [-0.2, 0) is 13.1 Å². The average Bonchev–Trinajstić information content (AvgIpc) is 2.86. The fraction of sp³-hybridized carbons (Fsp3) is 0.353. The summed E-state index contributed by atoms with van der Waals surface area (Å²) in [7, 11) is 0. The van der Waals surface area contributed by atoms with Crippen LogP contribution in [0.3, 0.4) is 0 Å². The van der Waals surface area contributed by atoms with E-state index in [2.05, 4.69) is 55.2 Å². The summed E-state index contributed by atoms with van der Waals surface area (Å²) in [6, 6.07) is 10.7. The number of nitriles is 1. The Morgan fingerprint density at radius 3 is 2.75 bits per heavy atom. The Hall–Kier alpha value is -2.05. The molecule has 1 aromatic carbocycles. The predicted molar refractivity (Wildman–Crippen MR) is 81.4 cm³/mol. The highest BCUT2D eigenvalue weighted by molar-refractivity contribution is 5.37. The highest BCUT2D eigenvalue weighted by Crippen LogP contribution is 2.13. The molecule has 2 aromatic rings. The summed E-state index contributed by atoms with van der Waals surface area (Å²) in [5, 5.41) is 12.3. The summed E-state index contributed by atoms with van der Waals surface area (Å²) in [5.74, 6) is 0. The summed E-state index contributed by atoms with van der Waals surface area (Å²) in [4.78, 5) is 0. The van der Waals surface area contributed by atoms with Gasteiger partial charge in [-0.1, -0.05) is 19.9 Å². The van der Waals surface area contributed by atoms with Gasteiger partial charge in [-0.25, -0.2) is 0 Å². The second-order valence-corrected chi connectivity index (χ2v) is 5.48. The minimum Gasteiger partial charge on any atom is -0.350 e. The molecular weight excluding hydrogens is 246 g/mol. The Bertz CT molecular complexity index is 617. The highest BCUT2D eigenvalue weighted by atomic mass is 14.9. The zero-order valence-electron chi connectivity index (χ0n) is 12.4. The number of benzene rings is 1. The zero-order valence-corrected chi connectivity index (χ0v) is 12.4. The van der Waals surface area contributed by atoms with Crippen molar-refractivity contribution in [3.05, 3.63) is 58.9 Å². The van der Waals surface area contributed by atoms with Crippen molar-refractivity contribution >= 4 is 0 Å². The molecule has 0 atom stereocenters. The predicted octanol–water partition coefficient (Wildman–Crippen LogP) is 3.21. The van der Waals surface area contributed by atoms with Gasteiger partial charge in [-0.05, 0) is 41.8 Å². The van der Waals surface area contributed by atoms with Gasteiger partial charge in [-0.2, -0.15) is 5.26 Å². The monoisotopic (exact) mass is 267 g/mol. The Balaban J connectivity index is 2.05. The zero-order chi connectivity index (χ0) is 14.5. The largest absolute Gasteiger partial charge is 0.350 e. The van der Waals surface area contributed by atoms with Crippen LogP contribution in [0.4, 0.5) is 0 Å². The highest BCUT2D eigenvalue weighted by Gasteiger charge is 2.03. The van der Waals surface area contributed by atoms with Crippen molar-refractivity contribution in [2.75, 3.05) is 0 Å². The third-order valence-electron chi connectivity index (χ3n) is 3.35. The Morgan fingerprint density at radius 1 is 1.30 bits per heavy atom. The number of rotatable bonds is 5. The maximum absolute atomic E-state index is 8.89. The van der Waals surface area contributed by atoms with E-state index in [0.717, 1.165) is 18.7 Å². The Kier molecular flexibility index (Phi) is 4.60. The molecule has 3 nitrogen and oxygen atoms in total. The molecule has 0 aliphatic heterocycles. The lowest BCUT2D eigenvalue weighted by Gasteiger charge is -2.08. The van der Waals surface area contributed by atoms with Gasteiger partial charge in [0.2, 0.25) is 0 Å². The van der Waals surface area contributed by atoms with Gasteiger partial charge >= 0.3 is 0 Å². The molecular formula is C17H21N3. The topological polar surface area (TPSA) is 40.8 Å². The van der Waals surface area contributed by atoms with E-state index < -0.39 is 0 Å². The van der Waals surface area contributed by atoms with Gasteiger partial charge in [0.1, 0.15) is 0 Å². The maximum Gasteiger partial charge on any atom is 0.0991 e. The molecule has 0 saturated carbocycles. The lowest BCUT2D eigenvalue weighted by Crippen LogP contribution is -2.21. The molecule has 1 aromatic heterocycles. The molecule has 0 fully saturated rings. The molecule has 0 spiro atoms. The molecule has 3 heteroatoms. The molecule has 0 aliphatic carbocycles. The lowest BCUT2D eigenvalue weighted by atomic mass is 10.1. The van der Waals surface area contributed by atoms with Crippen molar-refractivity contribution in [2.24, 2.45) is 0 Å². The number of aryl methyl sites for hydroxylation is 1. The molecule has 2 rings (SSSR count). The van der Waals surface area contributed by atoms with Crippen LogP contribution in [0.25, 0.3) is 0 Å². The molecule has 0 bridgehead atoms. The van der Waals surface area contributed by atoms with Gasteiger partial charge in [-0.3, -0.25) is 0 Å². The standard InChI is InChI=1S/C17H21N3/c1-13(2)19-10-16-6-7-20(11-16)12-17-5-4-15(9-18)8-14(17)3/h4-8,11,13,19H,10,12H2,1-3H3. The van der Waals surface area contributed by atoms with E-state index >= 15 is 0 Å². The Labute approximate surface area is 120 Å². The first kappa shape index (κ1) is 14.4. The average molecular weight is 267 g/mol. The molecule has 1 heterocycles. The van der Waals surface area contributed by atoms with Gasteiger partial charge in [0.05, 0.1) is 11.6 Å². The van der Waals surface area contributed by atoms with Crippen LogP contribution < -0.4 is 5.32 Å². The number of aromatic nitrogens is 1. The number of hydrogen-bond donors (Lipinski definition) is 1. The van der Waals surface area contributed by atoms with Crippen molar-refractivity contribution in [3.63, 3.8) is 0 Å². The van der Waals surface area contributed by atoms with Crippen LogP contribution in [0.15, 0.2) is 36.7 Å². The normalized spacial score (nSPS) is 10.8. The fourth-order valence-corrected chi connectivity index (χ4v) is 2.15. The van der Waals surface area contributed by atoms with E-state index in [-0.39, 0.29) is 0 Å². The SMILES string of the molecule is Cc1cc(C#N)ccc1Cn1ccc(CNC(C)C)c1. The second-order valence-electron chi connectivity index (χ2n) is 5.48. The third kappa shape index (κ3) is 3.72. The van der Waals surface area contributed by atoms with E-state index in [9.17, 15) is 0 Å². The third-order valence-corrected chi connectivity index (χ3v) is 3.35. The van der Waals surface area contributed by atoms with Gasteiger partial charge in [-0.15, -0.1) is 0 Å². The van der Waals surface area contributed by atoms with Crippen LogP contribution in [0, 0.1) is 18.3 Å².